The average molecular weight is 239 g/mol. The van der Waals surface area contributed by atoms with Gasteiger partial charge in [0.05, 0.1) is 11.9 Å². The minimum Gasteiger partial charge on any atom is -0.439 e. The lowest BCUT2D eigenvalue weighted by molar-refractivity contribution is 0.142. The SMILES string of the molecule is O=C1NCC(c2c[nH]c3ncnc(Cl)c23)O1. The number of amides is 1. The highest BCUT2D eigenvalue weighted by Gasteiger charge is 2.27. The Balaban J connectivity index is 2.13. The Kier molecular flexibility index (Phi) is 1.97. The van der Waals surface area contributed by atoms with Gasteiger partial charge in [0.2, 0.25) is 0 Å². The van der Waals surface area contributed by atoms with E-state index >= 15 is 0 Å². The van der Waals surface area contributed by atoms with Crippen LogP contribution in [0.3, 0.4) is 0 Å². The quantitative estimate of drug-likeness (QED) is 0.736. The predicted molar refractivity (Wildman–Crippen MR) is 56.1 cm³/mol. The summed E-state index contributed by atoms with van der Waals surface area (Å²) in [5.41, 5.74) is 1.43. The molecule has 0 radical (unpaired) electrons. The van der Waals surface area contributed by atoms with Crippen molar-refractivity contribution in [1.82, 2.24) is 20.3 Å². The second-order valence-electron chi connectivity index (χ2n) is 3.41. The van der Waals surface area contributed by atoms with Gasteiger partial charge in [0.25, 0.3) is 0 Å². The van der Waals surface area contributed by atoms with Crippen LogP contribution < -0.4 is 5.32 Å². The van der Waals surface area contributed by atoms with Gasteiger partial charge >= 0.3 is 6.09 Å². The van der Waals surface area contributed by atoms with Gasteiger partial charge in [-0.05, 0) is 0 Å². The van der Waals surface area contributed by atoms with E-state index in [1.807, 2.05) is 0 Å². The molecule has 0 aliphatic carbocycles. The van der Waals surface area contributed by atoms with Gasteiger partial charge in [-0.25, -0.2) is 14.8 Å². The molecule has 0 bridgehead atoms. The molecule has 1 unspecified atom stereocenters. The van der Waals surface area contributed by atoms with Crippen LogP contribution in [0.1, 0.15) is 11.7 Å². The number of ether oxygens (including phenoxy) is 1. The summed E-state index contributed by atoms with van der Waals surface area (Å²) in [4.78, 5) is 21.9. The molecule has 3 heterocycles. The van der Waals surface area contributed by atoms with Crippen molar-refractivity contribution in [2.45, 2.75) is 6.10 Å². The van der Waals surface area contributed by atoms with Crippen molar-refractivity contribution >= 4 is 28.7 Å². The third-order valence-corrected chi connectivity index (χ3v) is 2.77. The van der Waals surface area contributed by atoms with E-state index in [0.717, 1.165) is 5.56 Å². The number of carbonyl (C=O) groups is 1. The van der Waals surface area contributed by atoms with Crippen LogP contribution in [-0.2, 0) is 4.74 Å². The zero-order valence-corrected chi connectivity index (χ0v) is 8.78. The Morgan fingerprint density at radius 3 is 3.12 bits per heavy atom. The molecular formula is C9H7ClN4O2. The van der Waals surface area contributed by atoms with Crippen LogP contribution in [0.15, 0.2) is 12.5 Å². The number of fused-ring (bicyclic) bond motifs is 1. The molecule has 3 rings (SSSR count). The zero-order chi connectivity index (χ0) is 11.1. The first-order valence-corrected chi connectivity index (χ1v) is 5.05. The lowest BCUT2D eigenvalue weighted by Crippen LogP contribution is -2.12. The third kappa shape index (κ3) is 1.30. The first-order valence-electron chi connectivity index (χ1n) is 4.67. The molecule has 0 spiro atoms. The van der Waals surface area contributed by atoms with E-state index in [0.29, 0.717) is 22.7 Å². The first-order chi connectivity index (χ1) is 7.75. The van der Waals surface area contributed by atoms with E-state index in [1.165, 1.54) is 6.33 Å². The summed E-state index contributed by atoms with van der Waals surface area (Å²) >= 11 is 5.99. The first kappa shape index (κ1) is 9.41. The number of hydrogen-bond acceptors (Lipinski definition) is 4. The highest BCUT2D eigenvalue weighted by Crippen LogP contribution is 2.30. The maximum absolute atomic E-state index is 11.0. The van der Waals surface area contributed by atoms with Crippen LogP contribution in [-0.4, -0.2) is 27.6 Å². The van der Waals surface area contributed by atoms with Crippen molar-refractivity contribution in [3.63, 3.8) is 0 Å². The predicted octanol–water partition coefficient (Wildman–Crippen LogP) is 1.39. The number of carbonyl (C=O) groups excluding carboxylic acids is 1. The monoisotopic (exact) mass is 238 g/mol. The Morgan fingerprint density at radius 2 is 2.38 bits per heavy atom. The van der Waals surface area contributed by atoms with Gasteiger partial charge in [-0.15, -0.1) is 0 Å². The summed E-state index contributed by atoms with van der Waals surface area (Å²) < 4.78 is 5.08. The standard InChI is InChI=1S/C9H7ClN4O2/c10-7-6-4(5-2-12-9(15)16-5)1-11-8(6)14-3-13-7/h1,3,5H,2H2,(H,12,15)(H,11,13,14). The smallest absolute Gasteiger partial charge is 0.407 e. The van der Waals surface area contributed by atoms with Crippen molar-refractivity contribution in [1.29, 1.82) is 0 Å². The largest absolute Gasteiger partial charge is 0.439 e. The molecule has 1 amide bonds. The minimum atomic E-state index is -0.424. The second kappa shape index (κ2) is 3.34. The van der Waals surface area contributed by atoms with Gasteiger partial charge in [0, 0.05) is 11.8 Å². The fraction of sp³-hybridized carbons (Fsp3) is 0.222. The summed E-state index contributed by atoms with van der Waals surface area (Å²) in [7, 11) is 0. The van der Waals surface area contributed by atoms with E-state index in [9.17, 15) is 4.79 Å². The molecule has 1 fully saturated rings. The van der Waals surface area contributed by atoms with Crippen LogP contribution in [0, 0.1) is 0 Å². The number of hydrogen-bond donors (Lipinski definition) is 2. The number of nitrogens with zero attached hydrogens (tertiary/aromatic N) is 2. The maximum Gasteiger partial charge on any atom is 0.407 e. The Labute approximate surface area is 95.0 Å². The van der Waals surface area contributed by atoms with Crippen molar-refractivity contribution in [2.75, 3.05) is 6.54 Å². The molecule has 0 aromatic carbocycles. The summed E-state index contributed by atoms with van der Waals surface area (Å²) in [6.07, 6.45) is 2.34. The molecule has 2 aromatic rings. The van der Waals surface area contributed by atoms with Gasteiger partial charge in [0.1, 0.15) is 23.2 Å². The fourth-order valence-corrected chi connectivity index (χ4v) is 2.01. The van der Waals surface area contributed by atoms with Crippen LogP contribution >= 0.6 is 11.6 Å². The van der Waals surface area contributed by atoms with Crippen LogP contribution in [0.4, 0.5) is 4.79 Å². The van der Waals surface area contributed by atoms with Gasteiger partial charge in [-0.2, -0.15) is 0 Å². The van der Waals surface area contributed by atoms with Gasteiger partial charge < -0.3 is 15.0 Å². The molecule has 6 nitrogen and oxygen atoms in total. The number of cyclic esters (lactones) is 1. The second-order valence-corrected chi connectivity index (χ2v) is 3.76. The maximum atomic E-state index is 11.0. The number of aromatic amines is 1. The molecule has 0 saturated carbocycles. The van der Waals surface area contributed by atoms with E-state index in [1.54, 1.807) is 6.20 Å². The highest BCUT2D eigenvalue weighted by atomic mass is 35.5. The molecular weight excluding hydrogens is 232 g/mol. The van der Waals surface area contributed by atoms with Gasteiger partial charge in [-0.1, -0.05) is 11.6 Å². The molecule has 1 saturated heterocycles. The number of halogens is 1. The average Bonchev–Trinajstić information content (AvgIpc) is 2.84. The Hall–Kier alpha value is -1.82. The van der Waals surface area contributed by atoms with Crippen molar-refractivity contribution in [2.24, 2.45) is 0 Å². The lowest BCUT2D eigenvalue weighted by atomic mass is 10.1. The van der Waals surface area contributed by atoms with Crippen LogP contribution in [0.25, 0.3) is 11.0 Å². The Bertz CT molecular complexity index is 568. The molecule has 82 valence electrons. The highest BCUT2D eigenvalue weighted by molar-refractivity contribution is 6.34. The molecule has 2 N–H and O–H groups in total. The summed E-state index contributed by atoms with van der Waals surface area (Å²) in [6.45, 7) is 0.428. The molecule has 1 atom stereocenters. The molecule has 7 heteroatoms. The van der Waals surface area contributed by atoms with Crippen molar-refractivity contribution in [3.8, 4) is 0 Å². The van der Waals surface area contributed by atoms with Crippen molar-refractivity contribution in [3.05, 3.63) is 23.2 Å². The van der Waals surface area contributed by atoms with Crippen molar-refractivity contribution < 1.29 is 9.53 Å². The number of H-pyrrole nitrogens is 1. The minimum absolute atomic E-state index is 0.343. The van der Waals surface area contributed by atoms with Gasteiger partial charge in [-0.3, -0.25) is 0 Å². The summed E-state index contributed by atoms with van der Waals surface area (Å²) in [5.74, 6) is 0. The molecule has 1 aliphatic heterocycles. The van der Waals surface area contributed by atoms with Crippen LogP contribution in [0.5, 0.6) is 0 Å². The summed E-state index contributed by atoms with van der Waals surface area (Å²) in [5, 5.41) is 3.63. The Morgan fingerprint density at radius 1 is 1.50 bits per heavy atom. The normalized spacial score (nSPS) is 19.8. The van der Waals surface area contributed by atoms with E-state index in [4.69, 9.17) is 16.3 Å². The van der Waals surface area contributed by atoms with Crippen LogP contribution in [0.2, 0.25) is 5.15 Å². The number of alkyl carbamates (subject to hydrolysis) is 1. The molecule has 2 aromatic heterocycles. The van der Waals surface area contributed by atoms with E-state index < -0.39 is 6.09 Å². The third-order valence-electron chi connectivity index (χ3n) is 2.48. The summed E-state index contributed by atoms with van der Waals surface area (Å²) in [6, 6.07) is 0. The van der Waals surface area contributed by atoms with E-state index in [-0.39, 0.29) is 6.10 Å². The molecule has 16 heavy (non-hydrogen) atoms. The van der Waals surface area contributed by atoms with E-state index in [2.05, 4.69) is 20.3 Å². The zero-order valence-electron chi connectivity index (χ0n) is 8.03. The lowest BCUT2D eigenvalue weighted by Gasteiger charge is -2.05. The fourth-order valence-electron chi connectivity index (χ4n) is 1.76. The number of aromatic nitrogens is 3. The number of rotatable bonds is 1. The number of nitrogens with one attached hydrogen (secondary N) is 2. The topological polar surface area (TPSA) is 79.9 Å². The van der Waals surface area contributed by atoms with Gasteiger partial charge in [0.15, 0.2) is 0 Å². The molecule has 1 aliphatic rings.